The van der Waals surface area contributed by atoms with E-state index in [-0.39, 0.29) is 11.6 Å². The van der Waals surface area contributed by atoms with Gasteiger partial charge < -0.3 is 0 Å². The molecule has 1 aliphatic heterocycles. The number of hydrogen-bond donors (Lipinski definition) is 0. The van der Waals surface area contributed by atoms with Gasteiger partial charge in [-0.25, -0.2) is 4.98 Å². The fourth-order valence-corrected chi connectivity index (χ4v) is 3.77. The predicted octanol–water partition coefficient (Wildman–Crippen LogP) is 3.33. The number of nitro benzene ring substituents is 1. The average Bonchev–Trinajstić information content (AvgIpc) is 3.31. The Labute approximate surface area is 155 Å². The first-order valence-corrected chi connectivity index (χ1v) is 9.30. The van der Waals surface area contributed by atoms with Gasteiger partial charge in [-0.3, -0.25) is 24.7 Å². The molecule has 2 aromatic rings. The molecule has 1 aromatic heterocycles. The van der Waals surface area contributed by atoms with Crippen LogP contribution in [0.3, 0.4) is 0 Å². The van der Waals surface area contributed by atoms with Crippen LogP contribution >= 0.6 is 11.3 Å². The van der Waals surface area contributed by atoms with Crippen molar-refractivity contribution in [2.24, 2.45) is 0 Å². The highest BCUT2D eigenvalue weighted by molar-refractivity contribution is 7.14. The number of nitro groups is 1. The quantitative estimate of drug-likeness (QED) is 0.423. The summed E-state index contributed by atoms with van der Waals surface area (Å²) in [4.78, 5) is 31.4. The molecule has 26 heavy (non-hydrogen) atoms. The van der Waals surface area contributed by atoms with Crippen LogP contribution < -0.4 is 4.90 Å². The van der Waals surface area contributed by atoms with Crippen LogP contribution in [0, 0.1) is 10.1 Å². The third kappa shape index (κ3) is 4.14. The number of hydrogen-bond acceptors (Lipinski definition) is 6. The third-order valence-electron chi connectivity index (χ3n) is 4.27. The SMILES string of the molecule is C=CCN(C(=O)CN1CCCC1)c1nc(-c2ccc([N+](=O)[O-])cc2)cs1. The second-order valence-electron chi connectivity index (χ2n) is 6.10. The Balaban J connectivity index is 1.77. The summed E-state index contributed by atoms with van der Waals surface area (Å²) >= 11 is 1.38. The molecule has 7 nitrogen and oxygen atoms in total. The number of carbonyl (C=O) groups excluding carboxylic acids is 1. The molecule has 1 aromatic carbocycles. The van der Waals surface area contributed by atoms with Gasteiger partial charge in [-0.1, -0.05) is 6.08 Å². The molecular formula is C18H20N4O3S. The molecule has 0 atom stereocenters. The molecule has 8 heteroatoms. The van der Waals surface area contributed by atoms with Gasteiger partial charge in [0.05, 0.1) is 17.2 Å². The van der Waals surface area contributed by atoms with Crippen LogP contribution in [0.1, 0.15) is 12.8 Å². The highest BCUT2D eigenvalue weighted by Crippen LogP contribution is 2.29. The number of anilines is 1. The lowest BCUT2D eigenvalue weighted by Gasteiger charge is -2.21. The Kier molecular flexibility index (Phi) is 5.75. The molecule has 0 N–H and O–H groups in total. The van der Waals surface area contributed by atoms with Crippen LogP contribution in [0.5, 0.6) is 0 Å². The highest BCUT2D eigenvalue weighted by atomic mass is 32.1. The van der Waals surface area contributed by atoms with Crippen molar-refractivity contribution < 1.29 is 9.72 Å². The number of nitrogens with zero attached hydrogens (tertiary/aromatic N) is 4. The van der Waals surface area contributed by atoms with E-state index in [1.807, 2.05) is 5.38 Å². The van der Waals surface area contributed by atoms with Crippen molar-refractivity contribution >= 4 is 28.1 Å². The van der Waals surface area contributed by atoms with Crippen LogP contribution in [0.2, 0.25) is 0 Å². The summed E-state index contributed by atoms with van der Waals surface area (Å²) in [6.45, 7) is 6.44. The minimum Gasteiger partial charge on any atom is -0.294 e. The third-order valence-corrected chi connectivity index (χ3v) is 5.13. The second-order valence-corrected chi connectivity index (χ2v) is 6.93. The van der Waals surface area contributed by atoms with E-state index in [4.69, 9.17) is 0 Å². The lowest BCUT2D eigenvalue weighted by Crippen LogP contribution is -2.39. The van der Waals surface area contributed by atoms with Crippen molar-refractivity contribution in [3.63, 3.8) is 0 Å². The fraction of sp³-hybridized carbons (Fsp3) is 0.333. The summed E-state index contributed by atoms with van der Waals surface area (Å²) < 4.78 is 0. The maximum absolute atomic E-state index is 12.7. The van der Waals surface area contributed by atoms with Gasteiger partial charge in [0.1, 0.15) is 0 Å². The van der Waals surface area contributed by atoms with Gasteiger partial charge in [-0.2, -0.15) is 0 Å². The summed E-state index contributed by atoms with van der Waals surface area (Å²) in [5.74, 6) is 0.0106. The zero-order chi connectivity index (χ0) is 18.5. The van der Waals surface area contributed by atoms with E-state index in [0.717, 1.165) is 31.5 Å². The number of rotatable bonds is 7. The van der Waals surface area contributed by atoms with Gasteiger partial charge in [0.15, 0.2) is 5.13 Å². The molecule has 2 heterocycles. The normalized spacial score (nSPS) is 14.3. The summed E-state index contributed by atoms with van der Waals surface area (Å²) in [6, 6.07) is 6.24. The maximum Gasteiger partial charge on any atom is 0.269 e. The van der Waals surface area contributed by atoms with Crippen LogP contribution in [0.4, 0.5) is 10.8 Å². The molecule has 0 unspecified atom stereocenters. The summed E-state index contributed by atoms with van der Waals surface area (Å²) in [5, 5.41) is 13.2. The summed E-state index contributed by atoms with van der Waals surface area (Å²) in [6.07, 6.45) is 3.96. The number of thiazole rings is 1. The molecule has 1 saturated heterocycles. The lowest BCUT2D eigenvalue weighted by molar-refractivity contribution is -0.384. The topological polar surface area (TPSA) is 79.6 Å². The molecule has 0 radical (unpaired) electrons. The van der Waals surface area contributed by atoms with E-state index >= 15 is 0 Å². The van der Waals surface area contributed by atoms with E-state index in [1.165, 1.54) is 23.5 Å². The molecule has 136 valence electrons. The minimum absolute atomic E-state index is 0.0106. The van der Waals surface area contributed by atoms with Gasteiger partial charge in [0.2, 0.25) is 5.91 Å². The van der Waals surface area contributed by atoms with Crippen molar-refractivity contribution in [1.29, 1.82) is 0 Å². The minimum atomic E-state index is -0.431. The molecule has 1 fully saturated rings. The van der Waals surface area contributed by atoms with E-state index < -0.39 is 4.92 Å². The lowest BCUT2D eigenvalue weighted by atomic mass is 10.1. The van der Waals surface area contributed by atoms with Gasteiger partial charge in [0, 0.05) is 29.6 Å². The van der Waals surface area contributed by atoms with Crippen molar-refractivity contribution in [3.05, 3.63) is 52.4 Å². The van der Waals surface area contributed by atoms with E-state index in [0.29, 0.717) is 23.9 Å². The number of benzene rings is 1. The van der Waals surface area contributed by atoms with Crippen molar-refractivity contribution in [2.75, 3.05) is 31.1 Å². The average molecular weight is 372 g/mol. The van der Waals surface area contributed by atoms with Crippen LogP contribution in [-0.4, -0.2) is 46.9 Å². The molecule has 3 rings (SSSR count). The first kappa shape index (κ1) is 18.2. The number of amides is 1. The zero-order valence-corrected chi connectivity index (χ0v) is 15.2. The smallest absolute Gasteiger partial charge is 0.269 e. The Morgan fingerprint density at radius 3 is 2.65 bits per heavy atom. The summed E-state index contributed by atoms with van der Waals surface area (Å²) in [5.41, 5.74) is 1.52. The van der Waals surface area contributed by atoms with E-state index in [9.17, 15) is 14.9 Å². The Morgan fingerprint density at radius 1 is 1.35 bits per heavy atom. The van der Waals surface area contributed by atoms with Crippen LogP contribution in [0.15, 0.2) is 42.3 Å². The van der Waals surface area contributed by atoms with E-state index in [1.54, 1.807) is 23.1 Å². The van der Waals surface area contributed by atoms with Gasteiger partial charge in [0.25, 0.3) is 5.69 Å². The Bertz CT molecular complexity index is 797. The van der Waals surface area contributed by atoms with Gasteiger partial charge in [-0.15, -0.1) is 17.9 Å². The largest absolute Gasteiger partial charge is 0.294 e. The van der Waals surface area contributed by atoms with Crippen molar-refractivity contribution in [2.45, 2.75) is 12.8 Å². The molecule has 1 aliphatic rings. The molecule has 1 amide bonds. The predicted molar refractivity (Wildman–Crippen MR) is 102 cm³/mol. The maximum atomic E-state index is 12.7. The second kappa shape index (κ2) is 8.20. The zero-order valence-electron chi connectivity index (χ0n) is 14.3. The van der Waals surface area contributed by atoms with Crippen molar-refractivity contribution in [3.8, 4) is 11.3 Å². The molecule has 0 saturated carbocycles. The summed E-state index contributed by atoms with van der Waals surface area (Å²) in [7, 11) is 0. The molecule has 0 spiro atoms. The fourth-order valence-electron chi connectivity index (χ4n) is 2.91. The standard InChI is InChI=1S/C18H20N4O3S/c1-2-9-21(17(23)12-20-10-3-4-11-20)18-19-16(13-26-18)14-5-7-15(8-6-14)22(24)25/h2,5-8,13H,1,3-4,9-12H2. The molecule has 0 aliphatic carbocycles. The first-order valence-electron chi connectivity index (χ1n) is 8.42. The monoisotopic (exact) mass is 372 g/mol. The van der Waals surface area contributed by atoms with Gasteiger partial charge >= 0.3 is 0 Å². The number of likely N-dealkylation sites (tertiary alicyclic amines) is 1. The number of carbonyl (C=O) groups is 1. The van der Waals surface area contributed by atoms with E-state index in [2.05, 4.69) is 16.5 Å². The Hall–Kier alpha value is -2.58. The van der Waals surface area contributed by atoms with Crippen LogP contribution in [-0.2, 0) is 4.79 Å². The van der Waals surface area contributed by atoms with Crippen LogP contribution in [0.25, 0.3) is 11.3 Å². The molecular weight excluding hydrogens is 352 g/mol. The number of non-ortho nitro benzene ring substituents is 1. The first-order chi connectivity index (χ1) is 12.6. The Morgan fingerprint density at radius 2 is 2.04 bits per heavy atom. The number of aromatic nitrogens is 1. The molecule has 0 bridgehead atoms. The van der Waals surface area contributed by atoms with Crippen molar-refractivity contribution in [1.82, 2.24) is 9.88 Å². The highest BCUT2D eigenvalue weighted by Gasteiger charge is 2.22. The van der Waals surface area contributed by atoms with Gasteiger partial charge in [-0.05, 0) is 38.1 Å².